The van der Waals surface area contributed by atoms with E-state index in [9.17, 15) is 0 Å². The van der Waals surface area contributed by atoms with Crippen LogP contribution in [0.25, 0.3) is 0 Å². The van der Waals surface area contributed by atoms with Crippen molar-refractivity contribution >= 4 is 0 Å². The van der Waals surface area contributed by atoms with Gasteiger partial charge in [0.25, 0.3) is 0 Å². The van der Waals surface area contributed by atoms with Gasteiger partial charge >= 0.3 is 0 Å². The molecule has 0 aromatic heterocycles. The van der Waals surface area contributed by atoms with Crippen LogP contribution in [0.5, 0.6) is 0 Å². The molecule has 44 heavy (non-hydrogen) atoms. The van der Waals surface area contributed by atoms with Crippen molar-refractivity contribution in [3.8, 4) is 0 Å². The average molecular weight is 619 g/mol. The topological polar surface area (TPSA) is 0 Å². The van der Waals surface area contributed by atoms with Crippen LogP contribution in [-0.4, -0.2) is 0 Å². The van der Waals surface area contributed by atoms with Gasteiger partial charge in [-0.1, -0.05) is 223 Å². The summed E-state index contributed by atoms with van der Waals surface area (Å²) in [5.41, 5.74) is 2.66. The minimum atomic E-state index is 0. The lowest BCUT2D eigenvalue weighted by Gasteiger charge is -2.22. The third-order valence-electron chi connectivity index (χ3n) is 10.4. The van der Waals surface area contributed by atoms with Gasteiger partial charge in [0.1, 0.15) is 0 Å². The van der Waals surface area contributed by atoms with Crippen LogP contribution in [0.1, 0.15) is 199 Å². The highest BCUT2D eigenvalue weighted by Crippen LogP contribution is 2.29. The highest BCUT2D eigenvalue weighted by molar-refractivity contribution is 5.19. The van der Waals surface area contributed by atoms with Crippen LogP contribution in [0.2, 0.25) is 0 Å². The normalized spacial score (nSPS) is 30.6. The highest BCUT2D eigenvalue weighted by atomic mass is 14.2. The maximum absolute atomic E-state index is 2.37. The molecule has 1 aromatic carbocycles. The van der Waals surface area contributed by atoms with Crippen LogP contribution in [0.15, 0.2) is 24.3 Å². The molecule has 4 fully saturated rings. The molecule has 4 aliphatic rings. The van der Waals surface area contributed by atoms with Crippen molar-refractivity contribution in [3.63, 3.8) is 0 Å². The van der Waals surface area contributed by atoms with Crippen molar-refractivity contribution in [2.24, 2.45) is 47.3 Å². The maximum Gasteiger partial charge on any atom is -0.0398 e. The van der Waals surface area contributed by atoms with Crippen LogP contribution < -0.4 is 0 Å². The number of rotatable bonds is 0. The first-order valence-electron chi connectivity index (χ1n) is 18.0. The van der Waals surface area contributed by atoms with Crippen LogP contribution in [-0.2, 0) is 0 Å². The maximum atomic E-state index is 2.37. The van der Waals surface area contributed by atoms with Crippen LogP contribution in [0, 0.1) is 61.2 Å². The van der Waals surface area contributed by atoms with Crippen LogP contribution in [0.4, 0.5) is 0 Å². The first-order valence-corrected chi connectivity index (χ1v) is 18.0. The molecule has 0 aliphatic heterocycles. The molecule has 0 saturated heterocycles. The zero-order valence-corrected chi connectivity index (χ0v) is 29.2. The summed E-state index contributed by atoms with van der Waals surface area (Å²) in [7, 11) is 0. The molecule has 0 amide bonds. The Bertz CT molecular complexity index is 528. The summed E-state index contributed by atoms with van der Waals surface area (Å²) in [6, 6.07) is 8.48. The third-order valence-corrected chi connectivity index (χ3v) is 10.4. The highest BCUT2D eigenvalue weighted by Gasteiger charge is 2.15. The van der Waals surface area contributed by atoms with Gasteiger partial charge in [0.05, 0.1) is 0 Å². The molecular weight excluding hydrogens is 528 g/mol. The van der Waals surface area contributed by atoms with Gasteiger partial charge in [0.2, 0.25) is 0 Å². The van der Waals surface area contributed by atoms with Crippen LogP contribution in [0.3, 0.4) is 0 Å². The van der Waals surface area contributed by atoms with E-state index in [0.29, 0.717) is 0 Å². The smallest absolute Gasteiger partial charge is 0.0398 e. The van der Waals surface area contributed by atoms with Gasteiger partial charge in [-0.3, -0.25) is 0 Å². The van der Waals surface area contributed by atoms with Gasteiger partial charge in [0, 0.05) is 0 Å². The summed E-state index contributed by atoms with van der Waals surface area (Å²) in [5, 5.41) is 0. The minimum absolute atomic E-state index is 0. The van der Waals surface area contributed by atoms with Crippen molar-refractivity contribution < 1.29 is 0 Å². The molecule has 0 radical (unpaired) electrons. The van der Waals surface area contributed by atoms with E-state index in [2.05, 4.69) is 93.5 Å². The SMILES string of the molecule is C.C.C.C.CC1CCC(C)CC1.CC1CCC(C)CC1.CC1CCC(C)CC1.CC1CCC(C)CC1.Cc1ccc(C)cc1. The molecule has 0 bridgehead atoms. The summed E-state index contributed by atoms with van der Waals surface area (Å²) in [4.78, 5) is 0. The van der Waals surface area contributed by atoms with E-state index < -0.39 is 0 Å². The Morgan fingerprint density at radius 3 is 0.455 bits per heavy atom. The summed E-state index contributed by atoms with van der Waals surface area (Å²) >= 11 is 0. The zero-order valence-electron chi connectivity index (χ0n) is 29.2. The van der Waals surface area contributed by atoms with Gasteiger partial charge in [-0.25, -0.2) is 0 Å². The Morgan fingerprint density at radius 2 is 0.364 bits per heavy atom. The fourth-order valence-electron chi connectivity index (χ4n) is 6.34. The molecular formula is C44H90. The third kappa shape index (κ3) is 27.5. The van der Waals surface area contributed by atoms with E-state index in [0.717, 1.165) is 47.3 Å². The molecule has 4 aliphatic carbocycles. The predicted octanol–water partition coefficient (Wildman–Crippen LogP) is 16.2. The Balaban J connectivity index is -0.000000222. The lowest BCUT2D eigenvalue weighted by atomic mass is 9.84. The molecule has 0 nitrogen and oxygen atoms in total. The molecule has 1 aromatic rings. The van der Waals surface area contributed by atoms with Crippen molar-refractivity contribution in [1.82, 2.24) is 0 Å². The van der Waals surface area contributed by atoms with E-state index in [1.54, 1.807) is 0 Å². The second-order valence-corrected chi connectivity index (χ2v) is 15.6. The van der Waals surface area contributed by atoms with Crippen molar-refractivity contribution in [1.29, 1.82) is 0 Å². The number of benzene rings is 1. The van der Waals surface area contributed by atoms with E-state index in [1.165, 1.54) is 114 Å². The first kappa shape index (κ1) is 50.1. The van der Waals surface area contributed by atoms with Crippen molar-refractivity contribution in [2.45, 2.75) is 202 Å². The van der Waals surface area contributed by atoms with Gasteiger partial charge < -0.3 is 0 Å². The van der Waals surface area contributed by atoms with Crippen molar-refractivity contribution in [2.75, 3.05) is 0 Å². The van der Waals surface area contributed by atoms with E-state index in [-0.39, 0.29) is 29.7 Å². The van der Waals surface area contributed by atoms with Crippen LogP contribution >= 0.6 is 0 Å². The van der Waals surface area contributed by atoms with E-state index in [1.807, 2.05) is 0 Å². The Morgan fingerprint density at radius 1 is 0.273 bits per heavy atom. The molecule has 0 heteroatoms. The van der Waals surface area contributed by atoms with E-state index >= 15 is 0 Å². The molecule has 0 unspecified atom stereocenters. The van der Waals surface area contributed by atoms with Gasteiger partial charge in [0.15, 0.2) is 0 Å². The number of aryl methyl sites for hydroxylation is 2. The summed E-state index contributed by atoms with van der Waals surface area (Å²) < 4.78 is 0. The van der Waals surface area contributed by atoms with Gasteiger partial charge in [-0.05, 0) is 61.2 Å². The molecule has 266 valence electrons. The molecule has 0 spiro atoms. The van der Waals surface area contributed by atoms with Gasteiger partial charge in [-0.2, -0.15) is 0 Å². The zero-order chi connectivity index (χ0) is 29.9. The lowest BCUT2D eigenvalue weighted by molar-refractivity contribution is 0.308. The van der Waals surface area contributed by atoms with Gasteiger partial charge in [-0.15, -0.1) is 0 Å². The largest absolute Gasteiger partial charge is 0.0776 e. The second-order valence-electron chi connectivity index (χ2n) is 15.6. The molecule has 5 rings (SSSR count). The number of hydrogen-bond acceptors (Lipinski definition) is 0. The second kappa shape index (κ2) is 29.6. The standard InChI is InChI=1S/4C8H16.C8H10.4CH4/c5*1-7-3-5-8(2)6-4-7;;;;/h4*7-8H,3-6H2,1-2H3;3-6H,1-2H3;4*1H4. The van der Waals surface area contributed by atoms with E-state index in [4.69, 9.17) is 0 Å². The monoisotopic (exact) mass is 619 g/mol. The fourth-order valence-corrected chi connectivity index (χ4v) is 6.34. The Hall–Kier alpha value is -0.780. The summed E-state index contributed by atoms with van der Waals surface area (Å²) in [5.74, 6) is 8.16. The minimum Gasteiger partial charge on any atom is -0.0776 e. The Labute approximate surface area is 283 Å². The van der Waals surface area contributed by atoms with Crippen molar-refractivity contribution in [3.05, 3.63) is 35.4 Å². The summed E-state index contributed by atoms with van der Waals surface area (Å²) in [6.45, 7) is 23.1. The first-order chi connectivity index (χ1) is 18.9. The molecule has 4 saturated carbocycles. The Kier molecular flexibility index (Phi) is 33.7. The predicted molar refractivity (Wildman–Crippen MR) is 210 cm³/mol. The average Bonchev–Trinajstić information content (AvgIpc) is 2.94. The summed E-state index contributed by atoms with van der Waals surface area (Å²) in [6.07, 6.45) is 23.6. The fraction of sp³-hybridized carbons (Fsp3) is 0.864. The number of hydrogen-bond donors (Lipinski definition) is 0. The molecule has 0 atom stereocenters. The quantitative estimate of drug-likeness (QED) is 0.271. The lowest BCUT2D eigenvalue weighted by Crippen LogP contribution is -2.08. The molecule has 0 N–H and O–H groups in total. The molecule has 0 heterocycles.